The second-order valence-electron chi connectivity index (χ2n) is 9.32. The summed E-state index contributed by atoms with van der Waals surface area (Å²) in [7, 11) is 0. The molecule has 3 saturated carbocycles. The summed E-state index contributed by atoms with van der Waals surface area (Å²) < 4.78 is 0. The lowest BCUT2D eigenvalue weighted by Crippen LogP contribution is -2.51. The van der Waals surface area contributed by atoms with Crippen LogP contribution >= 0.6 is 0 Å². The summed E-state index contributed by atoms with van der Waals surface area (Å²) >= 11 is 0. The van der Waals surface area contributed by atoms with Crippen molar-refractivity contribution < 1.29 is 4.79 Å². The van der Waals surface area contributed by atoms with E-state index in [9.17, 15) is 4.79 Å². The predicted octanol–water partition coefficient (Wildman–Crippen LogP) is 4.59. The maximum atomic E-state index is 11.9. The van der Waals surface area contributed by atoms with E-state index in [2.05, 4.69) is 20.1 Å². The highest BCUT2D eigenvalue weighted by atomic mass is 16.1. The van der Waals surface area contributed by atoms with Crippen molar-refractivity contribution in [1.82, 2.24) is 0 Å². The van der Waals surface area contributed by atoms with Crippen LogP contribution in [0, 0.1) is 34.5 Å². The van der Waals surface area contributed by atoms with Gasteiger partial charge >= 0.3 is 0 Å². The van der Waals surface area contributed by atoms with Crippen molar-refractivity contribution in [3.05, 3.63) is 11.6 Å². The number of aliphatic imine (C=N–C) groups is 1. The second kappa shape index (κ2) is 4.58. The van der Waals surface area contributed by atoms with Crippen LogP contribution in [-0.4, -0.2) is 18.0 Å². The average molecular weight is 311 g/mol. The van der Waals surface area contributed by atoms with Gasteiger partial charge < -0.3 is 0 Å². The van der Waals surface area contributed by atoms with E-state index >= 15 is 0 Å². The Balaban J connectivity index is 1.51. The average Bonchev–Trinajstić information content (AvgIpc) is 3.06. The smallest absolute Gasteiger partial charge is 0.155 e. The van der Waals surface area contributed by atoms with Crippen molar-refractivity contribution in [2.24, 2.45) is 39.5 Å². The Labute approximate surface area is 139 Å². The van der Waals surface area contributed by atoms with E-state index in [-0.39, 0.29) is 0 Å². The monoisotopic (exact) mass is 311 g/mol. The quantitative estimate of drug-likeness (QED) is 0.643. The third-order valence-corrected chi connectivity index (χ3v) is 8.75. The molecule has 5 rings (SSSR count). The van der Waals surface area contributed by atoms with Gasteiger partial charge in [-0.1, -0.05) is 12.5 Å². The Morgan fingerprint density at radius 3 is 2.74 bits per heavy atom. The highest BCUT2D eigenvalue weighted by molar-refractivity contribution is 5.91. The molecule has 2 heteroatoms. The molecule has 7 atom stereocenters. The molecule has 5 aliphatic rings. The molecular formula is C21H29NO. The van der Waals surface area contributed by atoms with Crippen LogP contribution in [0.1, 0.15) is 65.2 Å². The topological polar surface area (TPSA) is 29.4 Å². The molecule has 0 saturated heterocycles. The van der Waals surface area contributed by atoms with E-state index in [4.69, 9.17) is 4.99 Å². The lowest BCUT2D eigenvalue weighted by molar-refractivity contribution is -0.117. The van der Waals surface area contributed by atoms with Crippen molar-refractivity contribution in [2.75, 3.05) is 0 Å². The van der Waals surface area contributed by atoms with Gasteiger partial charge in [-0.15, -0.1) is 0 Å². The Bertz CT molecular complexity index is 619. The molecule has 0 aromatic heterocycles. The van der Waals surface area contributed by atoms with Gasteiger partial charge in [0.1, 0.15) is 0 Å². The van der Waals surface area contributed by atoms with E-state index < -0.39 is 0 Å². The number of nitrogens with zero attached hydrogens (tertiary/aromatic N) is 1. The van der Waals surface area contributed by atoms with Crippen molar-refractivity contribution in [3.8, 4) is 0 Å². The van der Waals surface area contributed by atoms with Gasteiger partial charge in [0.05, 0.1) is 6.04 Å². The van der Waals surface area contributed by atoms with Gasteiger partial charge in [-0.25, -0.2) is 0 Å². The highest BCUT2D eigenvalue weighted by Gasteiger charge is 2.62. The molecule has 0 amide bonds. The first-order valence-electron chi connectivity index (χ1n) is 9.83. The van der Waals surface area contributed by atoms with E-state index in [1.54, 1.807) is 0 Å². The fourth-order valence-corrected chi connectivity index (χ4v) is 7.63. The molecule has 0 N–H and O–H groups in total. The Morgan fingerprint density at radius 1 is 1.04 bits per heavy atom. The van der Waals surface area contributed by atoms with E-state index in [1.165, 1.54) is 44.1 Å². The molecular weight excluding hydrogens is 282 g/mol. The van der Waals surface area contributed by atoms with Gasteiger partial charge in [-0.05, 0) is 87.0 Å². The number of fused-ring (bicyclic) bond motifs is 4. The SMILES string of the molecule is C[C@@H]1N=C[C@]23CC[C@H]4[C@@H](CCC5=CC(=O)CC[C@@]54C)[C@@H]2CC[C@H]13. The maximum Gasteiger partial charge on any atom is 0.155 e. The standard InChI is InChI=1S/C21H29NO/c1-13-17-5-6-19-16-4-3-14-11-15(23)7-9-20(14,2)18(16)8-10-21(17,19)12-22-13/h11-13,16-19H,3-10H2,1-2H3/t13-,16+,17+,18-,19-,20-,21-/m0/s1. The molecule has 1 spiro atoms. The van der Waals surface area contributed by atoms with Crippen molar-refractivity contribution in [2.45, 2.75) is 71.3 Å². The molecule has 0 aromatic rings. The van der Waals surface area contributed by atoms with Crippen LogP contribution in [-0.2, 0) is 4.79 Å². The van der Waals surface area contributed by atoms with Crippen LogP contribution < -0.4 is 0 Å². The van der Waals surface area contributed by atoms with Crippen molar-refractivity contribution >= 4 is 12.0 Å². The van der Waals surface area contributed by atoms with Gasteiger partial charge in [0, 0.05) is 18.1 Å². The summed E-state index contributed by atoms with van der Waals surface area (Å²) in [6.07, 6.45) is 14.4. The maximum absolute atomic E-state index is 11.9. The normalized spacial score (nSPS) is 54.1. The molecule has 124 valence electrons. The summed E-state index contributed by atoms with van der Waals surface area (Å²) in [5, 5.41) is 0. The summed E-state index contributed by atoms with van der Waals surface area (Å²) in [6.45, 7) is 4.82. The van der Waals surface area contributed by atoms with Gasteiger partial charge in [0.25, 0.3) is 0 Å². The van der Waals surface area contributed by atoms with Crippen molar-refractivity contribution in [1.29, 1.82) is 0 Å². The lowest BCUT2D eigenvalue weighted by Gasteiger charge is -2.57. The first-order chi connectivity index (χ1) is 11.0. The fraction of sp³-hybridized carbons (Fsp3) is 0.810. The molecule has 0 radical (unpaired) electrons. The number of rotatable bonds is 0. The minimum Gasteiger partial charge on any atom is -0.295 e. The Kier molecular flexibility index (Phi) is 2.87. The summed E-state index contributed by atoms with van der Waals surface area (Å²) in [5.41, 5.74) is 2.26. The zero-order valence-corrected chi connectivity index (χ0v) is 14.6. The zero-order chi connectivity index (χ0) is 15.8. The molecule has 2 nitrogen and oxygen atoms in total. The minimum absolute atomic E-state index is 0.317. The first-order valence-corrected chi connectivity index (χ1v) is 9.83. The van der Waals surface area contributed by atoms with Crippen LogP contribution in [0.15, 0.2) is 16.6 Å². The Hall–Kier alpha value is -0.920. The molecule has 1 aliphatic heterocycles. The number of allylic oxidation sites excluding steroid dienone is 1. The van der Waals surface area contributed by atoms with Crippen LogP contribution in [0.4, 0.5) is 0 Å². The van der Waals surface area contributed by atoms with Crippen LogP contribution in [0.3, 0.4) is 0 Å². The second-order valence-corrected chi connectivity index (χ2v) is 9.32. The molecule has 0 bridgehead atoms. The van der Waals surface area contributed by atoms with Gasteiger partial charge in [-0.3, -0.25) is 9.79 Å². The number of hydrogen-bond acceptors (Lipinski definition) is 2. The number of carbonyl (C=O) groups is 1. The highest BCUT2D eigenvalue weighted by Crippen LogP contribution is 2.67. The largest absolute Gasteiger partial charge is 0.295 e. The van der Waals surface area contributed by atoms with E-state index in [0.29, 0.717) is 22.7 Å². The number of hydrogen-bond donors (Lipinski definition) is 0. The summed E-state index contributed by atoms with van der Waals surface area (Å²) in [4.78, 5) is 16.8. The van der Waals surface area contributed by atoms with Crippen LogP contribution in [0.5, 0.6) is 0 Å². The molecule has 4 aliphatic carbocycles. The van der Waals surface area contributed by atoms with E-state index in [1.807, 2.05) is 6.08 Å². The number of carbonyl (C=O) groups excluding carboxylic acids is 1. The fourth-order valence-electron chi connectivity index (χ4n) is 7.63. The minimum atomic E-state index is 0.317. The third kappa shape index (κ3) is 1.71. The summed E-state index contributed by atoms with van der Waals surface area (Å²) in [6, 6.07) is 0.554. The molecule has 23 heavy (non-hydrogen) atoms. The van der Waals surface area contributed by atoms with Crippen molar-refractivity contribution in [3.63, 3.8) is 0 Å². The lowest BCUT2D eigenvalue weighted by atomic mass is 9.47. The molecule has 3 fully saturated rings. The third-order valence-electron chi connectivity index (χ3n) is 8.75. The van der Waals surface area contributed by atoms with Crippen LogP contribution in [0.2, 0.25) is 0 Å². The Morgan fingerprint density at radius 2 is 1.87 bits per heavy atom. The van der Waals surface area contributed by atoms with Gasteiger partial charge in [0.2, 0.25) is 0 Å². The van der Waals surface area contributed by atoms with E-state index in [0.717, 1.165) is 36.5 Å². The predicted molar refractivity (Wildman–Crippen MR) is 92.5 cm³/mol. The van der Waals surface area contributed by atoms with Gasteiger partial charge in [0.15, 0.2) is 5.78 Å². The molecule has 0 aromatic carbocycles. The first kappa shape index (κ1) is 14.4. The zero-order valence-electron chi connectivity index (χ0n) is 14.6. The van der Waals surface area contributed by atoms with Gasteiger partial charge in [-0.2, -0.15) is 0 Å². The van der Waals surface area contributed by atoms with Crippen LogP contribution in [0.25, 0.3) is 0 Å². The molecule has 1 heterocycles. The summed E-state index contributed by atoms with van der Waals surface area (Å²) in [5.74, 6) is 3.76. The number of ketones is 1. The molecule has 0 unspecified atom stereocenters.